The average Bonchev–Trinajstić information content (AvgIpc) is 2.53. The van der Waals surface area contributed by atoms with E-state index in [-0.39, 0.29) is 70.2 Å². The van der Waals surface area contributed by atoms with Gasteiger partial charge in [0.05, 0.1) is 16.9 Å². The van der Waals surface area contributed by atoms with Crippen LogP contribution in [0.25, 0.3) is 0 Å². The van der Waals surface area contributed by atoms with Crippen molar-refractivity contribution < 1.29 is 24.3 Å². The molecule has 0 unspecified atom stereocenters. The molecule has 1 aromatic carbocycles. The first kappa shape index (κ1) is 23.0. The highest BCUT2D eigenvalue weighted by Gasteiger charge is 2.52. The van der Waals surface area contributed by atoms with Crippen LogP contribution in [0, 0.1) is 22.7 Å². The van der Waals surface area contributed by atoms with Crippen LogP contribution in [0.3, 0.4) is 0 Å². The Morgan fingerprint density at radius 2 is 1.17 bits per heavy atom. The van der Waals surface area contributed by atoms with Crippen LogP contribution in [0.5, 0.6) is 5.75 Å². The van der Waals surface area contributed by atoms with Crippen molar-refractivity contribution in [3.05, 3.63) is 27.7 Å². The van der Waals surface area contributed by atoms with Crippen molar-refractivity contribution in [2.75, 3.05) is 0 Å². The standard InChI is InChI=1S/C23H26Cl2O5/c1-22(2)7-14(26)19(15(27)8-22)18(12-5-11(24)6-13(25)21(12)30)20-16(28)9-23(3,4)10-17(20)29/h5-6,18-20,30H,7-10H2,1-4H3. The van der Waals surface area contributed by atoms with E-state index in [2.05, 4.69) is 0 Å². The van der Waals surface area contributed by atoms with Crippen molar-refractivity contribution in [1.29, 1.82) is 0 Å². The van der Waals surface area contributed by atoms with Gasteiger partial charge in [-0.3, -0.25) is 19.2 Å². The molecule has 1 N–H and O–H groups in total. The van der Waals surface area contributed by atoms with Crippen molar-refractivity contribution in [2.45, 2.75) is 59.3 Å². The molecule has 5 nitrogen and oxygen atoms in total. The summed E-state index contributed by atoms with van der Waals surface area (Å²) in [5.41, 5.74) is -0.886. The van der Waals surface area contributed by atoms with Gasteiger partial charge in [0.25, 0.3) is 0 Å². The molecule has 3 rings (SSSR count). The molecule has 0 saturated heterocycles. The van der Waals surface area contributed by atoms with Crippen LogP contribution in [0.4, 0.5) is 0 Å². The Balaban J connectivity index is 2.19. The van der Waals surface area contributed by atoms with Crippen LogP contribution in [-0.4, -0.2) is 28.2 Å². The van der Waals surface area contributed by atoms with Crippen molar-refractivity contribution in [2.24, 2.45) is 22.7 Å². The molecule has 0 heterocycles. The van der Waals surface area contributed by atoms with E-state index in [1.54, 1.807) is 0 Å². The summed E-state index contributed by atoms with van der Waals surface area (Å²) in [6.45, 7) is 7.34. The van der Waals surface area contributed by atoms with E-state index >= 15 is 0 Å². The van der Waals surface area contributed by atoms with E-state index in [1.807, 2.05) is 27.7 Å². The molecule has 2 fully saturated rings. The maximum absolute atomic E-state index is 13.1. The summed E-state index contributed by atoms with van der Waals surface area (Å²) < 4.78 is 0. The normalized spacial score (nSPS) is 22.8. The molecule has 2 saturated carbocycles. The Kier molecular flexibility index (Phi) is 5.94. The molecule has 0 atom stereocenters. The second-order valence-electron chi connectivity index (χ2n) is 10.2. The number of aromatic hydroxyl groups is 1. The lowest BCUT2D eigenvalue weighted by molar-refractivity contribution is -0.145. The highest BCUT2D eigenvalue weighted by molar-refractivity contribution is 6.35. The molecule has 0 bridgehead atoms. The lowest BCUT2D eigenvalue weighted by atomic mass is 9.59. The van der Waals surface area contributed by atoms with E-state index in [0.29, 0.717) is 0 Å². The van der Waals surface area contributed by atoms with Crippen molar-refractivity contribution >= 4 is 46.3 Å². The summed E-state index contributed by atoms with van der Waals surface area (Å²) in [4.78, 5) is 52.4. The molecule has 2 aliphatic carbocycles. The number of ketones is 4. The number of Topliss-reactive ketones (excluding diaryl/α,β-unsaturated/α-hetero) is 4. The number of phenols is 1. The Hall–Kier alpha value is -1.72. The van der Waals surface area contributed by atoms with Gasteiger partial charge in [0.1, 0.15) is 28.9 Å². The van der Waals surface area contributed by atoms with E-state index in [9.17, 15) is 24.3 Å². The Bertz CT molecular complexity index is 859. The minimum Gasteiger partial charge on any atom is -0.506 e. The van der Waals surface area contributed by atoms with Gasteiger partial charge in [-0.15, -0.1) is 0 Å². The third-order valence-electron chi connectivity index (χ3n) is 6.13. The third-order valence-corrected chi connectivity index (χ3v) is 6.64. The van der Waals surface area contributed by atoms with Gasteiger partial charge in [-0.2, -0.15) is 0 Å². The van der Waals surface area contributed by atoms with Crippen LogP contribution in [-0.2, 0) is 19.2 Å². The lowest BCUT2D eigenvalue weighted by Crippen LogP contribution is -2.48. The largest absolute Gasteiger partial charge is 0.506 e. The number of halogens is 2. The molecule has 0 amide bonds. The third kappa shape index (κ3) is 4.33. The van der Waals surface area contributed by atoms with E-state index in [1.165, 1.54) is 12.1 Å². The monoisotopic (exact) mass is 452 g/mol. The van der Waals surface area contributed by atoms with Crippen molar-refractivity contribution in [3.8, 4) is 5.75 Å². The van der Waals surface area contributed by atoms with Gasteiger partial charge in [-0.1, -0.05) is 50.9 Å². The van der Waals surface area contributed by atoms with Gasteiger partial charge >= 0.3 is 0 Å². The van der Waals surface area contributed by atoms with E-state index in [4.69, 9.17) is 23.2 Å². The average molecular weight is 453 g/mol. The van der Waals surface area contributed by atoms with Gasteiger partial charge in [0, 0.05) is 42.2 Å². The van der Waals surface area contributed by atoms with E-state index < -0.39 is 28.6 Å². The summed E-state index contributed by atoms with van der Waals surface area (Å²) in [6.07, 6.45) is 0.593. The summed E-state index contributed by atoms with van der Waals surface area (Å²) in [5, 5.41) is 10.8. The minimum absolute atomic E-state index is 0.0606. The maximum atomic E-state index is 13.1. The fraction of sp³-hybridized carbons (Fsp3) is 0.565. The summed E-state index contributed by atoms with van der Waals surface area (Å²) in [6, 6.07) is 2.73. The highest BCUT2D eigenvalue weighted by atomic mass is 35.5. The predicted molar refractivity (Wildman–Crippen MR) is 114 cm³/mol. The number of carbonyl (C=O) groups is 4. The molecule has 0 aromatic heterocycles. The molecular weight excluding hydrogens is 427 g/mol. The number of benzene rings is 1. The first-order chi connectivity index (χ1) is 13.7. The molecule has 0 spiro atoms. The Morgan fingerprint density at radius 3 is 1.53 bits per heavy atom. The quantitative estimate of drug-likeness (QED) is 0.656. The van der Waals surface area contributed by atoms with Gasteiger partial charge < -0.3 is 5.11 Å². The zero-order valence-electron chi connectivity index (χ0n) is 17.6. The SMILES string of the molecule is CC1(C)CC(=O)C(C(c2cc(Cl)cc(Cl)c2O)C2C(=O)CC(C)(C)CC2=O)C(=O)C1. The van der Waals surface area contributed by atoms with Crippen LogP contribution < -0.4 is 0 Å². The first-order valence-electron chi connectivity index (χ1n) is 10.0. The smallest absolute Gasteiger partial charge is 0.144 e. The highest BCUT2D eigenvalue weighted by Crippen LogP contribution is 2.50. The summed E-state index contributed by atoms with van der Waals surface area (Å²) >= 11 is 12.2. The summed E-state index contributed by atoms with van der Waals surface area (Å²) in [5.74, 6) is -5.20. The zero-order chi connectivity index (χ0) is 22.6. The Labute approximate surface area is 186 Å². The van der Waals surface area contributed by atoms with Gasteiger partial charge in [0.15, 0.2) is 0 Å². The minimum atomic E-state index is -1.20. The fourth-order valence-corrected chi connectivity index (χ4v) is 5.51. The van der Waals surface area contributed by atoms with Crippen LogP contribution >= 0.6 is 23.2 Å². The molecule has 0 radical (unpaired) electrons. The lowest BCUT2D eigenvalue weighted by Gasteiger charge is -2.41. The number of hydrogen-bond acceptors (Lipinski definition) is 5. The number of rotatable bonds is 3. The van der Waals surface area contributed by atoms with Crippen molar-refractivity contribution in [3.63, 3.8) is 0 Å². The topological polar surface area (TPSA) is 88.5 Å². The molecule has 2 aliphatic rings. The second-order valence-corrected chi connectivity index (χ2v) is 11.1. The number of hydrogen-bond donors (Lipinski definition) is 1. The molecule has 30 heavy (non-hydrogen) atoms. The van der Waals surface area contributed by atoms with Gasteiger partial charge in [-0.05, 0) is 23.0 Å². The molecule has 0 aliphatic heterocycles. The maximum Gasteiger partial charge on any atom is 0.144 e. The van der Waals surface area contributed by atoms with Crippen LogP contribution in [0.15, 0.2) is 12.1 Å². The zero-order valence-corrected chi connectivity index (χ0v) is 19.1. The van der Waals surface area contributed by atoms with Crippen molar-refractivity contribution in [1.82, 2.24) is 0 Å². The summed E-state index contributed by atoms with van der Waals surface area (Å²) in [7, 11) is 0. The molecule has 1 aromatic rings. The van der Waals surface area contributed by atoms with Gasteiger partial charge in [0.2, 0.25) is 0 Å². The van der Waals surface area contributed by atoms with Gasteiger partial charge in [-0.25, -0.2) is 0 Å². The predicted octanol–water partition coefficient (Wildman–Crippen LogP) is 4.93. The Morgan fingerprint density at radius 1 is 0.800 bits per heavy atom. The van der Waals surface area contributed by atoms with Crippen LogP contribution in [0.2, 0.25) is 10.0 Å². The number of carbonyl (C=O) groups excluding carboxylic acids is 4. The van der Waals surface area contributed by atoms with Crippen LogP contribution in [0.1, 0.15) is 64.9 Å². The molecular formula is C23H26Cl2O5. The number of phenolic OH excluding ortho intramolecular Hbond substituents is 1. The molecule has 7 heteroatoms. The van der Waals surface area contributed by atoms with E-state index in [0.717, 1.165) is 0 Å². The first-order valence-corrected chi connectivity index (χ1v) is 10.8. The fourth-order valence-electron chi connectivity index (χ4n) is 5.00. The molecule has 162 valence electrons. The second kappa shape index (κ2) is 7.76.